The molecule has 1 aliphatic heterocycles. The number of amides is 1. The molecule has 0 radical (unpaired) electrons. The first-order valence-corrected chi connectivity index (χ1v) is 5.77. The van der Waals surface area contributed by atoms with Gasteiger partial charge >= 0.3 is 0 Å². The third-order valence-corrected chi connectivity index (χ3v) is 3.58. The van der Waals surface area contributed by atoms with Crippen LogP contribution in [0.2, 0.25) is 0 Å². The molecule has 86 valence electrons. The Bertz CT molecular complexity index is 239. The summed E-state index contributed by atoms with van der Waals surface area (Å²) in [4.78, 5) is 11.4. The number of methoxy groups -OCH3 is 1. The SMILES string of the molecule is COCC(=O)NC1CCNC2(CCC2)C1. The van der Waals surface area contributed by atoms with Gasteiger partial charge in [0.2, 0.25) is 5.91 Å². The number of carbonyl (C=O) groups is 1. The molecule has 15 heavy (non-hydrogen) atoms. The standard InChI is InChI=1S/C11H20N2O2/c1-15-8-10(14)13-9-3-6-12-11(7-9)4-2-5-11/h9,12H,2-8H2,1H3,(H,13,14). The molecule has 1 unspecified atom stereocenters. The van der Waals surface area contributed by atoms with Crippen LogP contribution in [0.15, 0.2) is 0 Å². The molecule has 4 heteroatoms. The molecule has 0 aromatic heterocycles. The minimum atomic E-state index is 0.0128. The first-order valence-electron chi connectivity index (χ1n) is 5.77. The van der Waals surface area contributed by atoms with Gasteiger partial charge in [-0.25, -0.2) is 0 Å². The molecule has 1 aliphatic carbocycles. The van der Waals surface area contributed by atoms with Crippen molar-refractivity contribution < 1.29 is 9.53 Å². The molecule has 2 fully saturated rings. The maximum atomic E-state index is 11.4. The Morgan fingerprint density at radius 3 is 3.00 bits per heavy atom. The van der Waals surface area contributed by atoms with Gasteiger partial charge < -0.3 is 15.4 Å². The number of piperidine rings is 1. The van der Waals surface area contributed by atoms with Gasteiger partial charge in [0.15, 0.2) is 0 Å². The topological polar surface area (TPSA) is 50.4 Å². The van der Waals surface area contributed by atoms with Crippen molar-refractivity contribution in [3.05, 3.63) is 0 Å². The van der Waals surface area contributed by atoms with E-state index in [0.29, 0.717) is 11.6 Å². The second-order valence-corrected chi connectivity index (χ2v) is 4.75. The van der Waals surface area contributed by atoms with Gasteiger partial charge in [0.25, 0.3) is 0 Å². The van der Waals surface area contributed by atoms with E-state index >= 15 is 0 Å². The maximum Gasteiger partial charge on any atom is 0.246 e. The first-order chi connectivity index (χ1) is 7.24. The van der Waals surface area contributed by atoms with Gasteiger partial charge in [-0.2, -0.15) is 0 Å². The number of carbonyl (C=O) groups excluding carboxylic acids is 1. The third-order valence-electron chi connectivity index (χ3n) is 3.58. The monoisotopic (exact) mass is 212 g/mol. The van der Waals surface area contributed by atoms with Crippen molar-refractivity contribution in [1.29, 1.82) is 0 Å². The smallest absolute Gasteiger partial charge is 0.246 e. The van der Waals surface area contributed by atoms with Crippen LogP contribution in [0.1, 0.15) is 32.1 Å². The Hall–Kier alpha value is -0.610. The molecule has 1 spiro atoms. The van der Waals surface area contributed by atoms with Crippen LogP contribution in [0.25, 0.3) is 0 Å². The summed E-state index contributed by atoms with van der Waals surface area (Å²) in [5, 5.41) is 6.62. The molecular formula is C11H20N2O2. The molecule has 1 heterocycles. The van der Waals surface area contributed by atoms with Crippen molar-refractivity contribution in [3.63, 3.8) is 0 Å². The van der Waals surface area contributed by atoms with Gasteiger partial charge in [-0.05, 0) is 38.6 Å². The van der Waals surface area contributed by atoms with Crippen molar-refractivity contribution in [3.8, 4) is 0 Å². The molecule has 0 aromatic rings. The van der Waals surface area contributed by atoms with Crippen molar-refractivity contribution in [2.24, 2.45) is 0 Å². The lowest BCUT2D eigenvalue weighted by Gasteiger charge is -2.48. The average molecular weight is 212 g/mol. The molecule has 1 atom stereocenters. The highest BCUT2D eigenvalue weighted by Crippen LogP contribution is 2.38. The molecule has 4 nitrogen and oxygen atoms in total. The summed E-state index contributed by atoms with van der Waals surface area (Å²) < 4.78 is 4.81. The number of hydrogen-bond acceptors (Lipinski definition) is 3. The van der Waals surface area contributed by atoms with E-state index in [-0.39, 0.29) is 12.5 Å². The zero-order valence-corrected chi connectivity index (χ0v) is 9.34. The predicted molar refractivity (Wildman–Crippen MR) is 57.6 cm³/mol. The van der Waals surface area contributed by atoms with Gasteiger partial charge in [-0.1, -0.05) is 0 Å². The van der Waals surface area contributed by atoms with Crippen molar-refractivity contribution in [2.45, 2.75) is 43.7 Å². The lowest BCUT2D eigenvalue weighted by Crippen LogP contribution is -2.59. The average Bonchev–Trinajstić information content (AvgIpc) is 2.16. The highest BCUT2D eigenvalue weighted by Gasteiger charge is 2.41. The summed E-state index contributed by atoms with van der Waals surface area (Å²) in [6, 6.07) is 0.342. The van der Waals surface area contributed by atoms with Crippen molar-refractivity contribution in [2.75, 3.05) is 20.3 Å². The lowest BCUT2D eigenvalue weighted by atomic mass is 9.70. The van der Waals surface area contributed by atoms with E-state index in [1.54, 1.807) is 7.11 Å². The third kappa shape index (κ3) is 2.49. The summed E-state index contributed by atoms with van der Waals surface area (Å²) in [6.07, 6.45) is 5.98. The minimum absolute atomic E-state index is 0.0128. The van der Waals surface area contributed by atoms with Crippen molar-refractivity contribution in [1.82, 2.24) is 10.6 Å². The Morgan fingerprint density at radius 2 is 2.40 bits per heavy atom. The zero-order valence-electron chi connectivity index (χ0n) is 9.34. The Labute approximate surface area is 90.8 Å². The molecule has 1 saturated heterocycles. The van der Waals surface area contributed by atoms with E-state index in [4.69, 9.17) is 4.74 Å². The molecule has 0 bridgehead atoms. The lowest BCUT2D eigenvalue weighted by molar-refractivity contribution is -0.125. The highest BCUT2D eigenvalue weighted by atomic mass is 16.5. The molecule has 1 saturated carbocycles. The quantitative estimate of drug-likeness (QED) is 0.713. The molecular weight excluding hydrogens is 192 g/mol. The van der Waals surface area contributed by atoms with E-state index < -0.39 is 0 Å². The van der Waals surface area contributed by atoms with Crippen LogP contribution in [-0.2, 0) is 9.53 Å². The van der Waals surface area contributed by atoms with Crippen LogP contribution in [0.3, 0.4) is 0 Å². The normalized spacial score (nSPS) is 28.5. The molecule has 2 N–H and O–H groups in total. The van der Waals surface area contributed by atoms with Crippen LogP contribution in [0.4, 0.5) is 0 Å². The van der Waals surface area contributed by atoms with E-state index in [0.717, 1.165) is 19.4 Å². The highest BCUT2D eigenvalue weighted by molar-refractivity contribution is 5.77. The maximum absolute atomic E-state index is 11.4. The largest absolute Gasteiger partial charge is 0.375 e. The van der Waals surface area contributed by atoms with Crippen LogP contribution in [-0.4, -0.2) is 37.7 Å². The summed E-state index contributed by atoms with van der Waals surface area (Å²) in [5.74, 6) is 0.0128. The van der Waals surface area contributed by atoms with Gasteiger partial charge in [0.05, 0.1) is 0 Å². The van der Waals surface area contributed by atoms with E-state index in [1.165, 1.54) is 19.3 Å². The van der Waals surface area contributed by atoms with Crippen molar-refractivity contribution >= 4 is 5.91 Å². The molecule has 1 amide bonds. The zero-order chi connectivity index (χ0) is 10.7. The Morgan fingerprint density at radius 1 is 1.60 bits per heavy atom. The molecule has 0 aromatic carbocycles. The number of ether oxygens (including phenoxy) is 1. The predicted octanol–water partition coefficient (Wildman–Crippen LogP) is 0.424. The number of rotatable bonds is 3. The Kier molecular flexibility index (Phi) is 3.26. The summed E-state index contributed by atoms with van der Waals surface area (Å²) in [7, 11) is 1.55. The van der Waals surface area contributed by atoms with E-state index in [9.17, 15) is 4.79 Å². The van der Waals surface area contributed by atoms with Gasteiger partial charge in [-0.3, -0.25) is 4.79 Å². The van der Waals surface area contributed by atoms with Gasteiger partial charge in [0.1, 0.15) is 6.61 Å². The number of nitrogens with one attached hydrogen (secondary N) is 2. The second kappa shape index (κ2) is 4.49. The van der Waals surface area contributed by atoms with Crippen LogP contribution < -0.4 is 10.6 Å². The molecule has 2 rings (SSSR count). The first kappa shape index (κ1) is 10.9. The summed E-state index contributed by atoms with van der Waals surface area (Å²) >= 11 is 0. The fraction of sp³-hybridized carbons (Fsp3) is 0.909. The molecule has 2 aliphatic rings. The van der Waals surface area contributed by atoms with Gasteiger partial charge in [-0.15, -0.1) is 0 Å². The minimum Gasteiger partial charge on any atom is -0.375 e. The summed E-state index contributed by atoms with van der Waals surface area (Å²) in [5.41, 5.74) is 0.350. The van der Waals surface area contributed by atoms with E-state index in [1.807, 2.05) is 0 Å². The van der Waals surface area contributed by atoms with E-state index in [2.05, 4.69) is 10.6 Å². The second-order valence-electron chi connectivity index (χ2n) is 4.75. The fourth-order valence-corrected chi connectivity index (χ4v) is 2.67. The van der Waals surface area contributed by atoms with Crippen LogP contribution in [0.5, 0.6) is 0 Å². The van der Waals surface area contributed by atoms with Gasteiger partial charge in [0, 0.05) is 18.7 Å². The van der Waals surface area contributed by atoms with Crippen LogP contribution in [0, 0.1) is 0 Å². The summed E-state index contributed by atoms with van der Waals surface area (Å²) in [6.45, 7) is 1.20. The number of hydrogen-bond donors (Lipinski definition) is 2. The Balaban J connectivity index is 1.80. The van der Waals surface area contributed by atoms with Crippen LogP contribution >= 0.6 is 0 Å². The fourth-order valence-electron chi connectivity index (χ4n) is 2.67.